The van der Waals surface area contributed by atoms with Gasteiger partial charge >= 0.3 is 0 Å². The Hall–Kier alpha value is -2.24. The Kier molecular flexibility index (Phi) is 4.04. The summed E-state index contributed by atoms with van der Waals surface area (Å²) in [6.45, 7) is 5.56. The van der Waals surface area contributed by atoms with E-state index in [0.717, 1.165) is 43.1 Å². The molecule has 5 heteroatoms. The van der Waals surface area contributed by atoms with Gasteiger partial charge in [0, 0.05) is 44.0 Å². The van der Waals surface area contributed by atoms with Crippen LogP contribution in [0.1, 0.15) is 23.1 Å². The Labute approximate surface area is 141 Å². The van der Waals surface area contributed by atoms with E-state index in [1.165, 1.54) is 10.9 Å². The van der Waals surface area contributed by atoms with Crippen molar-refractivity contribution in [3.8, 4) is 0 Å². The van der Waals surface area contributed by atoms with E-state index in [2.05, 4.69) is 45.3 Å². The van der Waals surface area contributed by atoms with Crippen LogP contribution in [0, 0.1) is 6.92 Å². The summed E-state index contributed by atoms with van der Waals surface area (Å²) < 4.78 is 7.84. The predicted molar refractivity (Wildman–Crippen MR) is 93.7 cm³/mol. The van der Waals surface area contributed by atoms with Crippen LogP contribution < -0.4 is 0 Å². The summed E-state index contributed by atoms with van der Waals surface area (Å²) in [6.07, 6.45) is 1.92. The molecule has 0 N–H and O–H groups in total. The molecule has 124 valence electrons. The second-order valence-electron chi connectivity index (χ2n) is 6.45. The zero-order valence-electron chi connectivity index (χ0n) is 14.1. The zero-order valence-corrected chi connectivity index (χ0v) is 14.1. The molecule has 0 saturated carbocycles. The van der Waals surface area contributed by atoms with Crippen molar-refractivity contribution in [2.75, 3.05) is 19.7 Å². The normalized spacial score (nSPS) is 19.0. The van der Waals surface area contributed by atoms with Crippen molar-refractivity contribution in [1.29, 1.82) is 0 Å². The first-order valence-electron chi connectivity index (χ1n) is 8.37. The lowest BCUT2D eigenvalue weighted by molar-refractivity contribution is -0.0366. The molecule has 0 aliphatic carbocycles. The van der Waals surface area contributed by atoms with Crippen molar-refractivity contribution in [2.45, 2.75) is 19.6 Å². The highest BCUT2D eigenvalue weighted by atomic mass is 16.5. The van der Waals surface area contributed by atoms with E-state index in [4.69, 9.17) is 4.74 Å². The van der Waals surface area contributed by atoms with Gasteiger partial charge in [-0.2, -0.15) is 5.10 Å². The Morgan fingerprint density at radius 1 is 1.21 bits per heavy atom. The fraction of sp³-hybridized carbons (Fsp3) is 0.368. The van der Waals surface area contributed by atoms with Gasteiger partial charge in [0.15, 0.2) is 0 Å². The number of pyridine rings is 1. The van der Waals surface area contributed by atoms with Crippen LogP contribution in [0.4, 0.5) is 0 Å². The second-order valence-corrected chi connectivity index (χ2v) is 6.45. The Morgan fingerprint density at radius 2 is 2.12 bits per heavy atom. The summed E-state index contributed by atoms with van der Waals surface area (Å²) in [7, 11) is 1.97. The van der Waals surface area contributed by atoms with Crippen molar-refractivity contribution in [3.05, 3.63) is 59.5 Å². The minimum atomic E-state index is 0.0935. The highest BCUT2D eigenvalue weighted by Crippen LogP contribution is 2.23. The molecule has 1 unspecified atom stereocenters. The summed E-state index contributed by atoms with van der Waals surface area (Å²) >= 11 is 0. The number of ether oxygens (including phenoxy) is 1. The van der Waals surface area contributed by atoms with Crippen LogP contribution in [0.15, 0.2) is 42.6 Å². The lowest BCUT2D eigenvalue weighted by Crippen LogP contribution is -2.38. The molecule has 0 bridgehead atoms. The van der Waals surface area contributed by atoms with Crippen LogP contribution in [0.25, 0.3) is 10.9 Å². The topological polar surface area (TPSA) is 43.2 Å². The van der Waals surface area contributed by atoms with E-state index in [9.17, 15) is 0 Å². The smallest absolute Gasteiger partial charge is 0.112 e. The Bertz CT molecular complexity index is 857. The highest BCUT2D eigenvalue weighted by molar-refractivity contribution is 5.79. The molecular weight excluding hydrogens is 300 g/mol. The van der Waals surface area contributed by atoms with Crippen molar-refractivity contribution in [3.63, 3.8) is 0 Å². The average Bonchev–Trinajstić information content (AvgIpc) is 3.01. The number of benzene rings is 1. The summed E-state index contributed by atoms with van der Waals surface area (Å²) in [5, 5.41) is 5.46. The number of aryl methyl sites for hydroxylation is 2. The van der Waals surface area contributed by atoms with Crippen molar-refractivity contribution < 1.29 is 4.74 Å². The fourth-order valence-electron chi connectivity index (χ4n) is 3.36. The molecule has 1 aliphatic rings. The van der Waals surface area contributed by atoms with Gasteiger partial charge in [0.25, 0.3) is 0 Å². The van der Waals surface area contributed by atoms with Gasteiger partial charge in [-0.25, -0.2) is 0 Å². The molecule has 24 heavy (non-hydrogen) atoms. The average molecular weight is 322 g/mol. The first-order valence-corrected chi connectivity index (χ1v) is 8.37. The lowest BCUT2D eigenvalue weighted by Gasteiger charge is -2.33. The number of nitrogens with zero attached hydrogens (tertiary/aromatic N) is 4. The van der Waals surface area contributed by atoms with E-state index in [0.29, 0.717) is 0 Å². The largest absolute Gasteiger partial charge is 0.369 e. The summed E-state index contributed by atoms with van der Waals surface area (Å²) in [4.78, 5) is 7.02. The van der Waals surface area contributed by atoms with Crippen LogP contribution in [0.5, 0.6) is 0 Å². The molecule has 0 amide bonds. The third kappa shape index (κ3) is 3.05. The van der Waals surface area contributed by atoms with Crippen molar-refractivity contribution in [2.24, 2.45) is 7.05 Å². The number of fused-ring (bicyclic) bond motifs is 1. The van der Waals surface area contributed by atoms with Gasteiger partial charge in [0.05, 0.1) is 17.8 Å². The summed E-state index contributed by atoms with van der Waals surface area (Å²) in [5.41, 5.74) is 4.58. The number of aromatic nitrogens is 3. The SMILES string of the molecule is Cc1ccc2cc(CN3CCOC(c4ccnn4C)C3)ccc2n1. The number of morpholine rings is 1. The van der Waals surface area contributed by atoms with Gasteiger partial charge in [0.1, 0.15) is 6.10 Å². The Morgan fingerprint density at radius 3 is 2.96 bits per heavy atom. The molecular formula is C19H22N4O. The third-order valence-corrected chi connectivity index (χ3v) is 4.64. The van der Waals surface area contributed by atoms with Crippen molar-refractivity contribution >= 4 is 10.9 Å². The van der Waals surface area contributed by atoms with E-state index in [1.54, 1.807) is 0 Å². The van der Waals surface area contributed by atoms with Gasteiger partial charge in [-0.05, 0) is 36.8 Å². The van der Waals surface area contributed by atoms with Gasteiger partial charge in [-0.15, -0.1) is 0 Å². The van der Waals surface area contributed by atoms with Gasteiger partial charge < -0.3 is 4.74 Å². The zero-order chi connectivity index (χ0) is 16.5. The minimum Gasteiger partial charge on any atom is -0.369 e. The summed E-state index contributed by atoms with van der Waals surface area (Å²) in [5.74, 6) is 0. The van der Waals surface area contributed by atoms with Gasteiger partial charge in [-0.3, -0.25) is 14.6 Å². The number of rotatable bonds is 3. The second kappa shape index (κ2) is 6.34. The molecule has 1 saturated heterocycles. The maximum Gasteiger partial charge on any atom is 0.112 e. The highest BCUT2D eigenvalue weighted by Gasteiger charge is 2.24. The van der Waals surface area contributed by atoms with E-state index in [-0.39, 0.29) is 6.10 Å². The van der Waals surface area contributed by atoms with Crippen LogP contribution in [0.2, 0.25) is 0 Å². The fourth-order valence-corrected chi connectivity index (χ4v) is 3.36. The quantitative estimate of drug-likeness (QED) is 0.744. The monoisotopic (exact) mass is 322 g/mol. The molecule has 2 aromatic heterocycles. The third-order valence-electron chi connectivity index (χ3n) is 4.64. The van der Waals surface area contributed by atoms with Crippen LogP contribution >= 0.6 is 0 Å². The first-order chi connectivity index (χ1) is 11.7. The van der Waals surface area contributed by atoms with Gasteiger partial charge in [-0.1, -0.05) is 12.1 Å². The van der Waals surface area contributed by atoms with Gasteiger partial charge in [0.2, 0.25) is 0 Å². The molecule has 4 rings (SSSR count). The van der Waals surface area contributed by atoms with E-state index >= 15 is 0 Å². The molecule has 1 fully saturated rings. The molecule has 1 aliphatic heterocycles. The standard InChI is InChI=1S/C19H22N4O/c1-14-3-5-16-11-15(4-6-17(16)21-14)12-23-9-10-24-19(13-23)18-7-8-20-22(18)2/h3-8,11,19H,9-10,12-13H2,1-2H3. The van der Waals surface area contributed by atoms with Crippen molar-refractivity contribution in [1.82, 2.24) is 19.7 Å². The van der Waals surface area contributed by atoms with E-state index < -0.39 is 0 Å². The van der Waals surface area contributed by atoms with Crippen LogP contribution in [-0.4, -0.2) is 39.4 Å². The molecule has 3 aromatic rings. The summed E-state index contributed by atoms with van der Waals surface area (Å²) in [6, 6.07) is 12.8. The minimum absolute atomic E-state index is 0.0935. The number of hydrogen-bond acceptors (Lipinski definition) is 4. The lowest BCUT2D eigenvalue weighted by atomic mass is 10.1. The molecule has 5 nitrogen and oxygen atoms in total. The molecule has 1 aromatic carbocycles. The molecule has 1 atom stereocenters. The number of hydrogen-bond donors (Lipinski definition) is 0. The molecule has 3 heterocycles. The van der Waals surface area contributed by atoms with Crippen LogP contribution in [0.3, 0.4) is 0 Å². The maximum absolute atomic E-state index is 5.94. The maximum atomic E-state index is 5.94. The first kappa shape index (κ1) is 15.3. The molecule has 0 radical (unpaired) electrons. The molecule has 0 spiro atoms. The Balaban J connectivity index is 1.50. The predicted octanol–water partition coefficient (Wildman–Crippen LogP) is 2.85. The van der Waals surface area contributed by atoms with E-state index in [1.807, 2.05) is 30.9 Å². The van der Waals surface area contributed by atoms with Crippen LogP contribution in [-0.2, 0) is 18.3 Å².